The summed E-state index contributed by atoms with van der Waals surface area (Å²) in [5.74, 6) is -0.583. The number of carbonyl (C=O) groups excluding carboxylic acids is 2. The summed E-state index contributed by atoms with van der Waals surface area (Å²) in [4.78, 5) is 29.5. The second-order valence-electron chi connectivity index (χ2n) is 10.9. The Bertz CT molecular complexity index is 1580. The molecule has 1 N–H and O–H groups in total. The maximum atomic E-state index is 14.4. The largest absolute Gasteiger partial charge is 0.492 e. The topological polar surface area (TPSA) is 96.0 Å². The summed E-state index contributed by atoms with van der Waals surface area (Å²) in [6.07, 6.45) is 5.24. The molecule has 4 rings (SSSR count). The fourth-order valence-corrected chi connectivity index (χ4v) is 7.50. The van der Waals surface area contributed by atoms with Crippen LogP contribution in [0.4, 0.5) is 5.69 Å². The van der Waals surface area contributed by atoms with Crippen LogP contribution in [0.3, 0.4) is 0 Å². The molecule has 0 bridgehead atoms. The number of anilines is 1. The van der Waals surface area contributed by atoms with Gasteiger partial charge in [-0.25, -0.2) is 8.42 Å². The third kappa shape index (κ3) is 8.85. The molecule has 8 nitrogen and oxygen atoms in total. The molecule has 3 aromatic carbocycles. The van der Waals surface area contributed by atoms with Gasteiger partial charge in [-0.3, -0.25) is 13.9 Å². The lowest BCUT2D eigenvalue weighted by Crippen LogP contribution is -2.54. The molecule has 1 aliphatic rings. The molecule has 1 aliphatic carbocycles. The summed E-state index contributed by atoms with van der Waals surface area (Å²) in [7, 11) is -4.30. The highest BCUT2D eigenvalue weighted by Crippen LogP contribution is 2.33. The first-order chi connectivity index (χ1) is 21.5. The minimum absolute atomic E-state index is 0.0243. The molecule has 1 saturated carbocycles. The SMILES string of the molecule is CCOc1ccccc1N(CC(=O)N(Cc1ccc(Cl)cc1Cl)[C@H](CC)C(=O)NC1CCCCC1)S(=O)(=O)c1ccc(Cl)cc1. The van der Waals surface area contributed by atoms with Gasteiger partial charge < -0.3 is 15.0 Å². The highest BCUT2D eigenvalue weighted by Gasteiger charge is 2.35. The number of hydrogen-bond donors (Lipinski definition) is 1. The average molecular weight is 695 g/mol. The smallest absolute Gasteiger partial charge is 0.264 e. The number of para-hydroxylation sites is 2. The van der Waals surface area contributed by atoms with Crippen LogP contribution in [0.2, 0.25) is 15.1 Å². The van der Waals surface area contributed by atoms with E-state index in [1.165, 1.54) is 29.2 Å². The van der Waals surface area contributed by atoms with Gasteiger partial charge in [0.1, 0.15) is 18.3 Å². The van der Waals surface area contributed by atoms with E-state index in [9.17, 15) is 18.0 Å². The van der Waals surface area contributed by atoms with Crippen molar-refractivity contribution in [2.24, 2.45) is 0 Å². The lowest BCUT2D eigenvalue weighted by Gasteiger charge is -2.35. The second-order valence-corrected chi connectivity index (χ2v) is 14.0. The summed E-state index contributed by atoms with van der Waals surface area (Å²) in [5, 5.41) is 4.26. The maximum Gasteiger partial charge on any atom is 0.264 e. The molecule has 1 fully saturated rings. The van der Waals surface area contributed by atoms with E-state index in [1.54, 1.807) is 49.4 Å². The van der Waals surface area contributed by atoms with Gasteiger partial charge in [0, 0.05) is 27.7 Å². The minimum Gasteiger partial charge on any atom is -0.492 e. The Labute approximate surface area is 280 Å². The Morgan fingerprint density at radius 2 is 1.60 bits per heavy atom. The van der Waals surface area contributed by atoms with Crippen molar-refractivity contribution in [2.45, 2.75) is 75.9 Å². The number of rotatable bonds is 13. The normalized spacial score (nSPS) is 14.4. The van der Waals surface area contributed by atoms with Crippen LogP contribution < -0.4 is 14.4 Å². The molecule has 1 atom stereocenters. The molecule has 3 aromatic rings. The number of carbonyl (C=O) groups is 2. The standard InChI is InChI=1S/C33H38Cl3N3O5S/c1-3-29(33(41)37-26-10-6-5-7-11-26)38(21-23-14-15-25(35)20-28(23)36)32(40)22-39(30-12-8-9-13-31(30)44-4-2)45(42,43)27-18-16-24(34)17-19-27/h8-9,12-20,26,29H,3-7,10-11,21-22H2,1-2H3,(H,37,41)/t29-/m1/s1. The van der Waals surface area contributed by atoms with Crippen molar-refractivity contribution in [1.29, 1.82) is 0 Å². The Kier molecular flexibility index (Phi) is 12.4. The van der Waals surface area contributed by atoms with Crippen LogP contribution in [0.5, 0.6) is 5.75 Å². The van der Waals surface area contributed by atoms with E-state index in [2.05, 4.69) is 5.32 Å². The minimum atomic E-state index is -4.30. The summed E-state index contributed by atoms with van der Waals surface area (Å²) in [6.45, 7) is 3.25. The Morgan fingerprint density at radius 1 is 0.933 bits per heavy atom. The van der Waals surface area contributed by atoms with Gasteiger partial charge in [-0.15, -0.1) is 0 Å². The van der Waals surface area contributed by atoms with Crippen molar-refractivity contribution in [3.05, 3.63) is 87.4 Å². The third-order valence-electron chi connectivity index (χ3n) is 7.81. The molecule has 0 aromatic heterocycles. The molecular formula is C33H38Cl3N3O5S. The zero-order valence-electron chi connectivity index (χ0n) is 25.3. The Hall–Kier alpha value is -2.98. The van der Waals surface area contributed by atoms with Gasteiger partial charge in [-0.2, -0.15) is 0 Å². The number of benzene rings is 3. The van der Waals surface area contributed by atoms with Crippen molar-refractivity contribution < 1.29 is 22.7 Å². The summed E-state index contributed by atoms with van der Waals surface area (Å²) >= 11 is 18.7. The van der Waals surface area contributed by atoms with Crippen LogP contribution in [0, 0.1) is 0 Å². The Morgan fingerprint density at radius 3 is 2.24 bits per heavy atom. The highest BCUT2D eigenvalue weighted by molar-refractivity contribution is 7.92. The van der Waals surface area contributed by atoms with E-state index in [1.807, 2.05) is 6.92 Å². The van der Waals surface area contributed by atoms with Gasteiger partial charge in [0.25, 0.3) is 10.0 Å². The van der Waals surface area contributed by atoms with Gasteiger partial charge in [0.05, 0.1) is 17.2 Å². The van der Waals surface area contributed by atoms with Crippen molar-refractivity contribution >= 4 is 62.3 Å². The molecule has 0 unspecified atom stereocenters. The quantitative estimate of drug-likeness (QED) is 0.200. The zero-order valence-corrected chi connectivity index (χ0v) is 28.4. The van der Waals surface area contributed by atoms with Gasteiger partial charge >= 0.3 is 0 Å². The number of nitrogens with one attached hydrogen (secondary N) is 1. The van der Waals surface area contributed by atoms with Crippen molar-refractivity contribution in [2.75, 3.05) is 17.5 Å². The van der Waals surface area contributed by atoms with E-state index < -0.39 is 28.5 Å². The van der Waals surface area contributed by atoms with Crippen LogP contribution in [-0.2, 0) is 26.2 Å². The molecule has 45 heavy (non-hydrogen) atoms. The van der Waals surface area contributed by atoms with Gasteiger partial charge in [-0.1, -0.05) is 79.2 Å². The van der Waals surface area contributed by atoms with Crippen molar-refractivity contribution in [3.8, 4) is 5.75 Å². The van der Waals surface area contributed by atoms with Gasteiger partial charge in [-0.05, 0) is 80.3 Å². The van der Waals surface area contributed by atoms with Crippen LogP contribution in [0.15, 0.2) is 71.6 Å². The summed E-state index contributed by atoms with van der Waals surface area (Å²) in [5.41, 5.74) is 0.756. The lowest BCUT2D eigenvalue weighted by molar-refractivity contribution is -0.140. The number of sulfonamides is 1. The molecule has 0 saturated heterocycles. The molecule has 0 spiro atoms. The van der Waals surface area contributed by atoms with Crippen LogP contribution in [-0.4, -0.2) is 50.4 Å². The lowest BCUT2D eigenvalue weighted by atomic mass is 9.95. The fraction of sp³-hybridized carbons (Fsp3) is 0.394. The average Bonchev–Trinajstić information content (AvgIpc) is 3.02. The van der Waals surface area contributed by atoms with E-state index >= 15 is 0 Å². The summed E-state index contributed by atoms with van der Waals surface area (Å²) in [6, 6.07) is 16.4. The van der Waals surface area contributed by atoms with Crippen molar-refractivity contribution in [1.82, 2.24) is 10.2 Å². The van der Waals surface area contributed by atoms with Crippen LogP contribution >= 0.6 is 34.8 Å². The van der Waals surface area contributed by atoms with E-state index in [0.717, 1.165) is 36.4 Å². The number of halogens is 3. The molecule has 0 radical (unpaired) electrons. The third-order valence-corrected chi connectivity index (χ3v) is 10.4. The monoisotopic (exact) mass is 693 g/mol. The molecular weight excluding hydrogens is 657 g/mol. The van der Waals surface area contributed by atoms with Crippen molar-refractivity contribution in [3.63, 3.8) is 0 Å². The zero-order chi connectivity index (χ0) is 32.6. The molecule has 2 amide bonds. The first-order valence-electron chi connectivity index (χ1n) is 15.1. The summed E-state index contributed by atoms with van der Waals surface area (Å²) < 4.78 is 35.2. The molecule has 242 valence electrons. The predicted octanol–water partition coefficient (Wildman–Crippen LogP) is 7.50. The second kappa shape index (κ2) is 16.0. The predicted molar refractivity (Wildman–Crippen MR) is 180 cm³/mol. The van der Waals surface area contributed by atoms with Gasteiger partial charge in [0.15, 0.2) is 0 Å². The fourth-order valence-electron chi connectivity index (χ4n) is 5.49. The molecule has 12 heteroatoms. The van der Waals surface area contributed by atoms with E-state index in [0.29, 0.717) is 32.8 Å². The first kappa shape index (κ1) is 34.9. The highest BCUT2D eigenvalue weighted by atomic mass is 35.5. The van der Waals surface area contributed by atoms with E-state index in [4.69, 9.17) is 39.5 Å². The molecule has 0 aliphatic heterocycles. The van der Waals surface area contributed by atoms with Crippen LogP contribution in [0.25, 0.3) is 0 Å². The van der Waals surface area contributed by atoms with Gasteiger partial charge in [0.2, 0.25) is 11.8 Å². The molecule has 0 heterocycles. The van der Waals surface area contributed by atoms with Crippen LogP contribution in [0.1, 0.15) is 57.9 Å². The number of ether oxygens (including phenoxy) is 1. The number of hydrogen-bond acceptors (Lipinski definition) is 5. The van der Waals surface area contributed by atoms with E-state index in [-0.39, 0.29) is 35.7 Å². The number of nitrogens with zero attached hydrogens (tertiary/aromatic N) is 2. The Balaban J connectivity index is 1.76. The first-order valence-corrected chi connectivity index (χ1v) is 17.7. The maximum absolute atomic E-state index is 14.4. The number of amides is 2.